The molecule has 0 saturated heterocycles. The molecule has 0 aromatic carbocycles. The Bertz CT molecular complexity index is 588. The molecule has 1 saturated carbocycles. The third-order valence-electron chi connectivity index (χ3n) is 3.04. The molecule has 3 N–H and O–H groups in total. The van der Waals surface area contributed by atoms with Gasteiger partial charge in [-0.25, -0.2) is 19.2 Å². The summed E-state index contributed by atoms with van der Waals surface area (Å²) in [5.41, 5.74) is 2.78. The molecule has 1 aromatic rings. The average Bonchev–Trinajstić information content (AvgIpc) is 3.10. The number of hydrogen-bond acceptors (Lipinski definition) is 6. The van der Waals surface area contributed by atoms with Crippen LogP contribution in [0.25, 0.3) is 0 Å². The summed E-state index contributed by atoms with van der Waals surface area (Å²) >= 11 is 1.12. The number of aromatic nitrogens is 1. The fourth-order valence-corrected chi connectivity index (χ4v) is 3.96. The first-order chi connectivity index (χ1) is 8.85. The summed E-state index contributed by atoms with van der Waals surface area (Å²) in [5.74, 6) is 4.90. The minimum absolute atomic E-state index is 0.118. The fraction of sp³-hybridized carbons (Fsp3) is 0.636. The quantitative estimate of drug-likeness (QED) is 0.479. The van der Waals surface area contributed by atoms with Gasteiger partial charge in [0.15, 0.2) is 9.84 Å². The van der Waals surface area contributed by atoms with E-state index in [1.54, 1.807) is 13.8 Å². The normalized spacial score (nSPS) is 15.8. The van der Waals surface area contributed by atoms with Gasteiger partial charge in [0.25, 0.3) is 5.91 Å². The predicted molar refractivity (Wildman–Crippen MR) is 73.5 cm³/mol. The van der Waals surface area contributed by atoms with Gasteiger partial charge in [-0.15, -0.1) is 11.3 Å². The van der Waals surface area contributed by atoms with Crippen LogP contribution < -0.4 is 11.3 Å². The highest BCUT2D eigenvalue weighted by Crippen LogP contribution is 2.42. The van der Waals surface area contributed by atoms with Crippen LogP contribution >= 0.6 is 11.3 Å². The van der Waals surface area contributed by atoms with Crippen LogP contribution in [-0.4, -0.2) is 24.6 Å². The zero-order valence-corrected chi connectivity index (χ0v) is 12.5. The summed E-state index contributed by atoms with van der Waals surface area (Å²) in [6.07, 6.45) is 1.98. The average molecular weight is 303 g/mol. The van der Waals surface area contributed by atoms with E-state index in [2.05, 4.69) is 10.4 Å². The molecule has 6 nitrogen and oxygen atoms in total. The van der Waals surface area contributed by atoms with Gasteiger partial charge in [-0.3, -0.25) is 10.2 Å². The highest BCUT2D eigenvalue weighted by Gasteiger charge is 2.32. The monoisotopic (exact) mass is 303 g/mol. The van der Waals surface area contributed by atoms with E-state index in [-0.39, 0.29) is 11.7 Å². The van der Waals surface area contributed by atoms with Crippen LogP contribution in [0.1, 0.15) is 53.0 Å². The van der Waals surface area contributed by atoms with Crippen LogP contribution in [0.3, 0.4) is 0 Å². The Hall–Kier alpha value is -0.990. The Morgan fingerprint density at radius 2 is 2.16 bits per heavy atom. The summed E-state index contributed by atoms with van der Waals surface area (Å²) in [6.45, 7) is 3.27. The van der Waals surface area contributed by atoms with E-state index in [1.807, 2.05) is 0 Å². The second-order valence-corrected chi connectivity index (χ2v) is 8.57. The van der Waals surface area contributed by atoms with E-state index in [9.17, 15) is 13.2 Å². The van der Waals surface area contributed by atoms with Gasteiger partial charge < -0.3 is 0 Å². The summed E-state index contributed by atoms with van der Waals surface area (Å²) in [7, 11) is -3.21. The molecule has 0 radical (unpaired) electrons. The summed E-state index contributed by atoms with van der Waals surface area (Å²) < 4.78 is 23.8. The maximum absolute atomic E-state index is 11.9. The molecular weight excluding hydrogens is 286 g/mol. The molecular formula is C11H17N3O3S2. The van der Waals surface area contributed by atoms with Crippen LogP contribution in [0, 0.1) is 0 Å². The third-order valence-corrected chi connectivity index (χ3v) is 6.41. The number of hydrazine groups is 1. The summed E-state index contributed by atoms with van der Waals surface area (Å²) in [4.78, 5) is 16.4. The van der Waals surface area contributed by atoms with Gasteiger partial charge in [-0.2, -0.15) is 0 Å². The number of nitrogen functional groups attached to an aromatic ring is 1. The van der Waals surface area contributed by atoms with Crippen molar-refractivity contribution in [1.82, 2.24) is 10.4 Å². The van der Waals surface area contributed by atoms with Crippen LogP contribution in [0.4, 0.5) is 0 Å². The van der Waals surface area contributed by atoms with Crippen LogP contribution in [0.15, 0.2) is 0 Å². The number of sulfone groups is 1. The molecule has 1 aliphatic carbocycles. The molecule has 0 aliphatic heterocycles. The summed E-state index contributed by atoms with van der Waals surface area (Å²) in [6, 6.07) is 0. The number of carbonyl (C=O) groups excluding carboxylic acids is 1. The zero-order chi connectivity index (χ0) is 14.2. The molecule has 1 amide bonds. The van der Waals surface area contributed by atoms with Crippen LogP contribution in [-0.2, 0) is 15.6 Å². The van der Waals surface area contributed by atoms with E-state index in [4.69, 9.17) is 5.84 Å². The second kappa shape index (κ2) is 5.18. The maximum atomic E-state index is 11.9. The van der Waals surface area contributed by atoms with Crippen molar-refractivity contribution in [2.45, 2.75) is 43.6 Å². The van der Waals surface area contributed by atoms with Crippen molar-refractivity contribution in [2.24, 2.45) is 5.84 Å². The first kappa shape index (κ1) is 14.4. The van der Waals surface area contributed by atoms with E-state index < -0.39 is 21.0 Å². The Morgan fingerprint density at radius 1 is 1.53 bits per heavy atom. The molecule has 0 bridgehead atoms. The highest BCUT2D eigenvalue weighted by molar-refractivity contribution is 7.91. The van der Waals surface area contributed by atoms with E-state index in [0.717, 1.165) is 24.2 Å². The van der Waals surface area contributed by atoms with Crippen molar-refractivity contribution in [1.29, 1.82) is 0 Å². The number of nitrogens with one attached hydrogen (secondary N) is 1. The summed E-state index contributed by atoms with van der Waals surface area (Å²) in [5, 5.41) is 0.0155. The van der Waals surface area contributed by atoms with Gasteiger partial charge in [0.1, 0.15) is 15.6 Å². The molecule has 1 aromatic heterocycles. The lowest BCUT2D eigenvalue weighted by Crippen LogP contribution is -2.30. The number of amides is 1. The Kier molecular flexibility index (Phi) is 3.93. The largest absolute Gasteiger partial charge is 0.289 e. The third kappa shape index (κ3) is 3.13. The molecule has 0 spiro atoms. The second-order valence-electron chi connectivity index (χ2n) is 4.93. The van der Waals surface area contributed by atoms with Gasteiger partial charge in [-0.05, 0) is 26.7 Å². The molecule has 1 heterocycles. The Balaban J connectivity index is 2.30. The molecule has 8 heteroatoms. The topological polar surface area (TPSA) is 102 Å². The molecule has 0 atom stereocenters. The van der Waals surface area contributed by atoms with Gasteiger partial charge in [0, 0.05) is 5.92 Å². The lowest BCUT2D eigenvalue weighted by Gasteiger charge is -2.04. The SMILES string of the molecule is CC(C)S(=O)(=O)Cc1nc(C2CC2)c(C(=O)NN)s1. The lowest BCUT2D eigenvalue weighted by molar-refractivity contribution is 0.0956. The molecule has 2 rings (SSSR count). The van der Waals surface area contributed by atoms with Gasteiger partial charge in [-0.1, -0.05) is 0 Å². The first-order valence-electron chi connectivity index (χ1n) is 6.07. The highest BCUT2D eigenvalue weighted by atomic mass is 32.2. The van der Waals surface area contributed by atoms with Crippen LogP contribution in [0.5, 0.6) is 0 Å². The molecule has 1 aliphatic rings. The number of rotatable bonds is 5. The van der Waals surface area contributed by atoms with Crippen molar-refractivity contribution in [2.75, 3.05) is 0 Å². The number of carbonyl (C=O) groups is 1. The van der Waals surface area contributed by atoms with Gasteiger partial charge in [0.2, 0.25) is 0 Å². The van der Waals surface area contributed by atoms with Crippen molar-refractivity contribution < 1.29 is 13.2 Å². The van der Waals surface area contributed by atoms with Crippen molar-refractivity contribution >= 4 is 27.1 Å². The number of nitrogens with two attached hydrogens (primary N) is 1. The number of thiazole rings is 1. The lowest BCUT2D eigenvalue weighted by atomic mass is 10.2. The van der Waals surface area contributed by atoms with Gasteiger partial charge >= 0.3 is 0 Å². The first-order valence-corrected chi connectivity index (χ1v) is 8.60. The molecule has 106 valence electrons. The van der Waals surface area contributed by atoms with Crippen molar-refractivity contribution in [3.8, 4) is 0 Å². The predicted octanol–water partition coefficient (Wildman–Crippen LogP) is 0.947. The maximum Gasteiger partial charge on any atom is 0.277 e. The smallest absolute Gasteiger partial charge is 0.277 e. The van der Waals surface area contributed by atoms with E-state index in [0.29, 0.717) is 15.6 Å². The minimum atomic E-state index is -3.21. The fourth-order valence-electron chi connectivity index (χ4n) is 1.64. The van der Waals surface area contributed by atoms with Gasteiger partial charge in [0.05, 0.1) is 10.9 Å². The standard InChI is InChI=1S/C11H17N3O3S2/c1-6(2)19(16,17)5-8-13-9(7-3-4-7)10(18-8)11(15)14-12/h6-7H,3-5,12H2,1-2H3,(H,14,15). The zero-order valence-electron chi connectivity index (χ0n) is 10.8. The number of hydrogen-bond donors (Lipinski definition) is 2. The van der Waals surface area contributed by atoms with E-state index in [1.165, 1.54) is 0 Å². The molecule has 0 unspecified atom stereocenters. The Labute approximate surface area is 116 Å². The van der Waals surface area contributed by atoms with Crippen molar-refractivity contribution in [3.63, 3.8) is 0 Å². The molecule has 1 fully saturated rings. The van der Waals surface area contributed by atoms with Crippen LogP contribution in [0.2, 0.25) is 0 Å². The van der Waals surface area contributed by atoms with E-state index >= 15 is 0 Å². The number of nitrogens with zero attached hydrogens (tertiary/aromatic N) is 1. The Morgan fingerprint density at radius 3 is 2.63 bits per heavy atom. The minimum Gasteiger partial charge on any atom is -0.289 e. The molecule has 19 heavy (non-hydrogen) atoms. The van der Waals surface area contributed by atoms with Crippen molar-refractivity contribution in [3.05, 3.63) is 15.6 Å².